The molecular formula is C20H24N2O5S. The molecule has 0 aliphatic rings. The Balaban J connectivity index is 2.45. The first-order valence-electron chi connectivity index (χ1n) is 8.89. The molecule has 0 aliphatic carbocycles. The topological polar surface area (TPSA) is 92.8 Å². The second-order valence-electron chi connectivity index (χ2n) is 6.05. The Morgan fingerprint density at radius 1 is 1.07 bits per heavy atom. The summed E-state index contributed by atoms with van der Waals surface area (Å²) in [5, 5.41) is 2.60. The molecule has 2 aromatic carbocycles. The normalized spacial score (nSPS) is 11.0. The van der Waals surface area contributed by atoms with E-state index >= 15 is 0 Å². The second-order valence-corrected chi connectivity index (χ2v) is 7.91. The first-order chi connectivity index (χ1) is 13.2. The molecule has 0 bridgehead atoms. The number of rotatable bonds is 7. The van der Waals surface area contributed by atoms with Gasteiger partial charge in [0.05, 0.1) is 22.8 Å². The molecule has 1 N–H and O–H groups in total. The van der Waals surface area contributed by atoms with Crippen LogP contribution in [0.15, 0.2) is 47.4 Å². The van der Waals surface area contributed by atoms with Crippen LogP contribution in [-0.2, 0) is 19.6 Å². The number of amides is 1. The minimum Gasteiger partial charge on any atom is -0.462 e. The third-order valence-corrected chi connectivity index (χ3v) is 6.02. The summed E-state index contributed by atoms with van der Waals surface area (Å²) in [4.78, 5) is 23.4. The van der Waals surface area contributed by atoms with Gasteiger partial charge in [0.15, 0.2) is 0 Å². The molecule has 0 saturated carbocycles. The Kier molecular flexibility index (Phi) is 6.80. The maximum absolute atomic E-state index is 13.2. The molecule has 8 heteroatoms. The van der Waals surface area contributed by atoms with E-state index < -0.39 is 16.0 Å². The first-order valence-corrected chi connectivity index (χ1v) is 10.3. The van der Waals surface area contributed by atoms with Crippen molar-refractivity contribution in [2.75, 3.05) is 22.8 Å². The number of hydrogen-bond acceptors (Lipinski definition) is 5. The van der Waals surface area contributed by atoms with Gasteiger partial charge in [-0.1, -0.05) is 6.07 Å². The van der Waals surface area contributed by atoms with Crippen molar-refractivity contribution in [1.29, 1.82) is 0 Å². The van der Waals surface area contributed by atoms with Crippen LogP contribution in [0, 0.1) is 6.92 Å². The Morgan fingerprint density at radius 2 is 1.71 bits per heavy atom. The van der Waals surface area contributed by atoms with E-state index in [0.717, 1.165) is 0 Å². The summed E-state index contributed by atoms with van der Waals surface area (Å²) in [6.07, 6.45) is 0. The van der Waals surface area contributed by atoms with Gasteiger partial charge in [-0.25, -0.2) is 13.2 Å². The van der Waals surface area contributed by atoms with Gasteiger partial charge in [-0.3, -0.25) is 9.10 Å². The van der Waals surface area contributed by atoms with Crippen molar-refractivity contribution in [3.8, 4) is 0 Å². The molecule has 0 saturated heterocycles. The molecule has 0 aliphatic heterocycles. The molecule has 2 rings (SSSR count). The zero-order valence-electron chi connectivity index (χ0n) is 16.4. The third kappa shape index (κ3) is 4.51. The second kappa shape index (κ2) is 8.88. The van der Waals surface area contributed by atoms with Gasteiger partial charge >= 0.3 is 5.97 Å². The van der Waals surface area contributed by atoms with E-state index in [-0.39, 0.29) is 24.0 Å². The highest BCUT2D eigenvalue weighted by atomic mass is 32.2. The Morgan fingerprint density at radius 3 is 2.25 bits per heavy atom. The lowest BCUT2D eigenvalue weighted by Crippen LogP contribution is -2.31. The minimum atomic E-state index is -3.86. The quantitative estimate of drug-likeness (QED) is 0.715. The van der Waals surface area contributed by atoms with Crippen molar-refractivity contribution in [1.82, 2.24) is 0 Å². The van der Waals surface area contributed by atoms with Crippen LogP contribution in [0.1, 0.15) is 36.7 Å². The number of sulfonamides is 1. The van der Waals surface area contributed by atoms with Crippen LogP contribution in [0.2, 0.25) is 0 Å². The largest absolute Gasteiger partial charge is 0.462 e. The zero-order chi connectivity index (χ0) is 20.9. The Hall–Kier alpha value is -2.87. The van der Waals surface area contributed by atoms with Crippen LogP contribution in [0.3, 0.4) is 0 Å². The van der Waals surface area contributed by atoms with Gasteiger partial charge in [0.25, 0.3) is 10.0 Å². The molecule has 28 heavy (non-hydrogen) atoms. The van der Waals surface area contributed by atoms with E-state index in [1.807, 2.05) is 0 Å². The Bertz CT molecular complexity index is 969. The maximum atomic E-state index is 13.2. The van der Waals surface area contributed by atoms with Crippen molar-refractivity contribution in [3.05, 3.63) is 53.6 Å². The summed E-state index contributed by atoms with van der Waals surface area (Å²) in [7, 11) is -3.86. The fraction of sp³-hybridized carbons (Fsp3) is 0.300. The molecule has 0 unspecified atom stereocenters. The van der Waals surface area contributed by atoms with Crippen LogP contribution < -0.4 is 9.62 Å². The molecule has 1 amide bonds. The lowest BCUT2D eigenvalue weighted by molar-refractivity contribution is -0.114. The number of esters is 1. The van der Waals surface area contributed by atoms with E-state index in [0.29, 0.717) is 22.5 Å². The molecule has 0 fully saturated rings. The van der Waals surface area contributed by atoms with Crippen LogP contribution >= 0.6 is 0 Å². The van der Waals surface area contributed by atoms with Crippen LogP contribution in [-0.4, -0.2) is 33.4 Å². The highest BCUT2D eigenvalue weighted by Crippen LogP contribution is 2.29. The van der Waals surface area contributed by atoms with Crippen molar-refractivity contribution in [2.45, 2.75) is 32.6 Å². The number of carbonyl (C=O) groups excluding carboxylic acids is 2. The average molecular weight is 404 g/mol. The van der Waals surface area contributed by atoms with Crippen molar-refractivity contribution < 1.29 is 22.7 Å². The fourth-order valence-corrected chi connectivity index (χ4v) is 4.37. The summed E-state index contributed by atoms with van der Waals surface area (Å²) < 4.78 is 32.7. The van der Waals surface area contributed by atoms with Gasteiger partial charge in [0, 0.05) is 19.2 Å². The molecule has 0 aromatic heterocycles. The molecular weight excluding hydrogens is 380 g/mol. The molecule has 0 radical (unpaired) electrons. The zero-order valence-corrected chi connectivity index (χ0v) is 17.2. The first kappa shape index (κ1) is 21.4. The van der Waals surface area contributed by atoms with E-state index in [1.165, 1.54) is 35.5 Å². The number of benzene rings is 2. The lowest BCUT2D eigenvalue weighted by Gasteiger charge is -2.25. The van der Waals surface area contributed by atoms with Gasteiger partial charge in [-0.2, -0.15) is 0 Å². The summed E-state index contributed by atoms with van der Waals surface area (Å²) in [6, 6.07) is 10.8. The molecule has 150 valence electrons. The van der Waals surface area contributed by atoms with Gasteiger partial charge in [0.2, 0.25) is 5.91 Å². The monoisotopic (exact) mass is 404 g/mol. The molecule has 2 aromatic rings. The van der Waals surface area contributed by atoms with E-state index in [4.69, 9.17) is 4.74 Å². The highest BCUT2D eigenvalue weighted by Gasteiger charge is 2.26. The minimum absolute atomic E-state index is 0.0874. The van der Waals surface area contributed by atoms with Crippen LogP contribution in [0.4, 0.5) is 11.4 Å². The van der Waals surface area contributed by atoms with E-state index in [9.17, 15) is 18.0 Å². The standard InChI is InChI=1S/C20H24N2O5S/c1-5-22(19-9-7-8-18(14(19)3)20(24)27-6-2)28(25,26)17-12-10-16(11-13-17)21-15(4)23/h7-13H,5-6H2,1-4H3,(H,21,23). The maximum Gasteiger partial charge on any atom is 0.338 e. The summed E-state index contributed by atoms with van der Waals surface area (Å²) in [5.74, 6) is -0.729. The lowest BCUT2D eigenvalue weighted by atomic mass is 10.1. The number of anilines is 2. The van der Waals surface area contributed by atoms with E-state index in [2.05, 4.69) is 5.32 Å². The summed E-state index contributed by atoms with van der Waals surface area (Å²) in [6.45, 7) is 6.93. The van der Waals surface area contributed by atoms with Crippen LogP contribution in [0.25, 0.3) is 0 Å². The predicted molar refractivity (Wildman–Crippen MR) is 108 cm³/mol. The van der Waals surface area contributed by atoms with Crippen LogP contribution in [0.5, 0.6) is 0 Å². The Labute approximate surface area is 165 Å². The predicted octanol–water partition coefficient (Wildman–Crippen LogP) is 3.35. The number of ether oxygens (including phenoxy) is 1. The fourth-order valence-electron chi connectivity index (χ4n) is 2.83. The molecule has 0 atom stereocenters. The van der Waals surface area contributed by atoms with Gasteiger partial charge in [0.1, 0.15) is 0 Å². The SMILES string of the molecule is CCOC(=O)c1cccc(N(CC)S(=O)(=O)c2ccc(NC(C)=O)cc2)c1C. The molecule has 0 spiro atoms. The number of nitrogens with one attached hydrogen (secondary N) is 1. The van der Waals surface area contributed by atoms with Crippen molar-refractivity contribution >= 4 is 33.3 Å². The summed E-state index contributed by atoms with van der Waals surface area (Å²) >= 11 is 0. The average Bonchev–Trinajstić information content (AvgIpc) is 2.63. The van der Waals surface area contributed by atoms with Gasteiger partial charge < -0.3 is 10.1 Å². The third-order valence-electron chi connectivity index (χ3n) is 4.12. The number of nitrogens with zero attached hydrogens (tertiary/aromatic N) is 1. The number of carbonyl (C=O) groups is 2. The number of hydrogen-bond donors (Lipinski definition) is 1. The molecule has 0 heterocycles. The molecule has 7 nitrogen and oxygen atoms in total. The van der Waals surface area contributed by atoms with Crippen molar-refractivity contribution in [3.63, 3.8) is 0 Å². The smallest absolute Gasteiger partial charge is 0.338 e. The van der Waals surface area contributed by atoms with Gasteiger partial charge in [-0.05, 0) is 62.7 Å². The van der Waals surface area contributed by atoms with E-state index in [1.54, 1.807) is 39.0 Å². The highest BCUT2D eigenvalue weighted by molar-refractivity contribution is 7.92. The summed E-state index contributed by atoms with van der Waals surface area (Å²) in [5.41, 5.74) is 1.78. The van der Waals surface area contributed by atoms with Crippen molar-refractivity contribution in [2.24, 2.45) is 0 Å². The van der Waals surface area contributed by atoms with Gasteiger partial charge in [-0.15, -0.1) is 0 Å².